The minimum atomic E-state index is -0.176. The summed E-state index contributed by atoms with van der Waals surface area (Å²) in [4.78, 5) is 12.8. The number of rotatable bonds is 8. The third kappa shape index (κ3) is 4.74. The first-order chi connectivity index (χ1) is 18.2. The Hall–Kier alpha value is -3.98. The van der Waals surface area contributed by atoms with Gasteiger partial charge in [0.15, 0.2) is 22.5 Å². The number of hydrogen-bond donors (Lipinski definition) is 1. The van der Waals surface area contributed by atoms with Crippen molar-refractivity contribution in [1.29, 1.82) is 0 Å². The summed E-state index contributed by atoms with van der Waals surface area (Å²) >= 11 is 1.32. The molecule has 1 aliphatic carbocycles. The van der Waals surface area contributed by atoms with E-state index >= 15 is 0 Å². The molecule has 1 aromatic heterocycles. The van der Waals surface area contributed by atoms with Gasteiger partial charge in [0, 0.05) is 5.69 Å². The maximum atomic E-state index is 12.8. The number of thioether (sulfide) groups is 1. The highest BCUT2D eigenvalue weighted by atomic mass is 32.2. The van der Waals surface area contributed by atoms with Crippen LogP contribution >= 0.6 is 11.8 Å². The van der Waals surface area contributed by atoms with Crippen LogP contribution in [0, 0.1) is 6.92 Å². The molecule has 0 saturated carbocycles. The molecule has 0 saturated heterocycles. The van der Waals surface area contributed by atoms with Gasteiger partial charge in [0.1, 0.15) is 12.4 Å². The molecule has 0 atom stereocenters. The number of nitrogens with one attached hydrogen (secondary N) is 1. The summed E-state index contributed by atoms with van der Waals surface area (Å²) in [7, 11) is 0. The lowest BCUT2D eigenvalue weighted by Crippen LogP contribution is -2.15. The molecule has 188 valence electrons. The average molecular weight is 515 g/mol. The number of para-hydroxylation sites is 2. The molecule has 0 unspecified atom stereocenters. The van der Waals surface area contributed by atoms with Gasteiger partial charge in [-0.2, -0.15) is 0 Å². The summed E-state index contributed by atoms with van der Waals surface area (Å²) in [5.41, 5.74) is 5.53. The first-order valence-electron chi connectivity index (χ1n) is 12.2. The number of aromatic nitrogens is 3. The van der Waals surface area contributed by atoms with Gasteiger partial charge >= 0.3 is 0 Å². The number of ether oxygens (including phenoxy) is 3. The minimum Gasteiger partial charge on any atom is -0.485 e. The van der Waals surface area contributed by atoms with Gasteiger partial charge in [0.05, 0.1) is 11.4 Å². The third-order valence-corrected chi connectivity index (χ3v) is 7.48. The Balaban J connectivity index is 1.19. The third-order valence-electron chi connectivity index (χ3n) is 6.55. The topological polar surface area (TPSA) is 87.5 Å². The van der Waals surface area contributed by atoms with Crippen molar-refractivity contribution in [2.24, 2.45) is 0 Å². The van der Waals surface area contributed by atoms with E-state index in [2.05, 4.69) is 34.6 Å². The van der Waals surface area contributed by atoms with Crippen LogP contribution in [0.2, 0.25) is 0 Å². The van der Waals surface area contributed by atoms with Crippen molar-refractivity contribution >= 4 is 23.4 Å². The molecule has 0 fully saturated rings. The number of carbonyl (C=O) groups excluding carboxylic acids is 1. The Morgan fingerprint density at radius 2 is 1.89 bits per heavy atom. The minimum absolute atomic E-state index is 0.146. The molecule has 1 N–H and O–H groups in total. The molecule has 6 rings (SSSR count). The summed E-state index contributed by atoms with van der Waals surface area (Å²) in [6.45, 7) is 2.58. The lowest BCUT2D eigenvalue weighted by atomic mass is 10.0. The average Bonchev–Trinajstić information content (AvgIpc) is 3.68. The molecule has 3 aromatic carbocycles. The van der Waals surface area contributed by atoms with Crippen molar-refractivity contribution in [3.05, 3.63) is 83.2 Å². The smallest absolute Gasteiger partial charge is 0.234 e. The van der Waals surface area contributed by atoms with Crippen molar-refractivity contribution < 1.29 is 19.0 Å². The molecule has 9 heteroatoms. The van der Waals surface area contributed by atoms with Gasteiger partial charge in [0.2, 0.25) is 12.7 Å². The van der Waals surface area contributed by atoms with Crippen LogP contribution in [0.25, 0.3) is 5.69 Å². The fourth-order valence-corrected chi connectivity index (χ4v) is 5.57. The highest BCUT2D eigenvalue weighted by molar-refractivity contribution is 7.99. The number of nitrogens with zero attached hydrogens (tertiary/aromatic N) is 3. The highest BCUT2D eigenvalue weighted by Gasteiger charge is 2.22. The van der Waals surface area contributed by atoms with E-state index in [9.17, 15) is 4.79 Å². The monoisotopic (exact) mass is 514 g/mol. The standard InChI is InChI=1S/C28H26N4O4S/c1-18-13-14-23(21-10-5-9-20(18)21)34-15-25-30-31-28(32(25)19-7-3-2-4-8-19)37-16-26(33)29-22-11-6-12-24-27(22)36-17-35-24/h2-4,6-8,11-14H,5,9-10,15-17H2,1H3,(H,29,33). The fourth-order valence-electron chi connectivity index (χ4n) is 4.80. The van der Waals surface area contributed by atoms with E-state index in [1.165, 1.54) is 28.5 Å². The van der Waals surface area contributed by atoms with E-state index in [4.69, 9.17) is 14.2 Å². The van der Waals surface area contributed by atoms with Crippen molar-refractivity contribution in [3.8, 4) is 22.9 Å². The molecular weight excluding hydrogens is 488 g/mol. The number of hydrogen-bond acceptors (Lipinski definition) is 7. The van der Waals surface area contributed by atoms with E-state index < -0.39 is 0 Å². The summed E-state index contributed by atoms with van der Waals surface area (Å²) in [6, 6.07) is 19.5. The Morgan fingerprint density at radius 3 is 2.78 bits per heavy atom. The second-order valence-corrected chi connectivity index (χ2v) is 9.87. The van der Waals surface area contributed by atoms with Crippen molar-refractivity contribution in [1.82, 2.24) is 14.8 Å². The van der Waals surface area contributed by atoms with Gasteiger partial charge in [-0.25, -0.2) is 0 Å². The summed E-state index contributed by atoms with van der Waals surface area (Å²) < 4.78 is 19.1. The van der Waals surface area contributed by atoms with Gasteiger partial charge in [0.25, 0.3) is 0 Å². The molecule has 0 bridgehead atoms. The van der Waals surface area contributed by atoms with Crippen LogP contribution < -0.4 is 19.5 Å². The first-order valence-corrected chi connectivity index (χ1v) is 13.2. The van der Waals surface area contributed by atoms with Crippen LogP contribution in [0.4, 0.5) is 5.69 Å². The first kappa shape index (κ1) is 23.4. The predicted molar refractivity (Wildman–Crippen MR) is 141 cm³/mol. The van der Waals surface area contributed by atoms with Crippen LogP contribution in [0.3, 0.4) is 0 Å². The zero-order chi connectivity index (χ0) is 25.2. The van der Waals surface area contributed by atoms with E-state index in [0.717, 1.165) is 30.7 Å². The lowest BCUT2D eigenvalue weighted by Gasteiger charge is -2.14. The Labute approximate surface area is 219 Å². The number of carbonyl (C=O) groups is 1. The quantitative estimate of drug-likeness (QED) is 0.327. The molecule has 1 amide bonds. The van der Waals surface area contributed by atoms with Crippen LogP contribution in [0.5, 0.6) is 17.2 Å². The predicted octanol–water partition coefficient (Wildman–Crippen LogP) is 5.10. The second-order valence-electron chi connectivity index (χ2n) is 8.93. The SMILES string of the molecule is Cc1ccc(OCc2nnc(SCC(=O)Nc3cccc4c3OCO4)n2-c2ccccc2)c2c1CCC2. The molecule has 37 heavy (non-hydrogen) atoms. The van der Waals surface area contributed by atoms with Gasteiger partial charge in [-0.3, -0.25) is 9.36 Å². The summed E-state index contributed by atoms with van der Waals surface area (Å²) in [5, 5.41) is 12.4. The number of benzene rings is 3. The Morgan fingerprint density at radius 1 is 1.03 bits per heavy atom. The van der Waals surface area contributed by atoms with E-state index in [1.54, 1.807) is 6.07 Å². The number of fused-ring (bicyclic) bond motifs is 2. The molecular formula is C28H26N4O4S. The normalized spacial score (nSPS) is 13.4. The number of anilines is 1. The lowest BCUT2D eigenvalue weighted by molar-refractivity contribution is -0.113. The van der Waals surface area contributed by atoms with Crippen molar-refractivity contribution in [3.63, 3.8) is 0 Å². The number of aryl methyl sites for hydroxylation is 1. The maximum absolute atomic E-state index is 12.8. The second kappa shape index (κ2) is 10.2. The van der Waals surface area contributed by atoms with E-state index in [0.29, 0.717) is 28.2 Å². The van der Waals surface area contributed by atoms with Crippen LogP contribution in [-0.4, -0.2) is 33.2 Å². The van der Waals surface area contributed by atoms with Gasteiger partial charge in [-0.15, -0.1) is 10.2 Å². The molecule has 2 heterocycles. The summed E-state index contributed by atoms with van der Waals surface area (Å²) in [6.07, 6.45) is 3.30. The molecule has 2 aliphatic rings. The molecule has 0 radical (unpaired) electrons. The van der Waals surface area contributed by atoms with Gasteiger partial charge in [-0.05, 0) is 73.2 Å². The summed E-state index contributed by atoms with van der Waals surface area (Å²) in [5.74, 6) is 2.74. The largest absolute Gasteiger partial charge is 0.485 e. The number of amides is 1. The zero-order valence-electron chi connectivity index (χ0n) is 20.4. The molecule has 8 nitrogen and oxygen atoms in total. The van der Waals surface area contributed by atoms with Crippen LogP contribution in [-0.2, 0) is 24.2 Å². The van der Waals surface area contributed by atoms with E-state index in [1.807, 2.05) is 47.0 Å². The fraction of sp³-hybridized carbons (Fsp3) is 0.250. The molecule has 1 aliphatic heterocycles. The molecule has 0 spiro atoms. The Bertz CT molecular complexity index is 1450. The van der Waals surface area contributed by atoms with Gasteiger partial charge in [-0.1, -0.05) is 42.1 Å². The highest BCUT2D eigenvalue weighted by Crippen LogP contribution is 2.39. The van der Waals surface area contributed by atoms with Crippen molar-refractivity contribution in [2.75, 3.05) is 17.9 Å². The zero-order valence-corrected chi connectivity index (χ0v) is 21.2. The van der Waals surface area contributed by atoms with Crippen LogP contribution in [0.1, 0.15) is 28.9 Å². The Kier molecular flexibility index (Phi) is 6.44. The van der Waals surface area contributed by atoms with E-state index in [-0.39, 0.29) is 25.1 Å². The van der Waals surface area contributed by atoms with Crippen LogP contribution in [0.15, 0.2) is 65.8 Å². The van der Waals surface area contributed by atoms with Crippen molar-refractivity contribution in [2.45, 2.75) is 37.9 Å². The maximum Gasteiger partial charge on any atom is 0.234 e. The van der Waals surface area contributed by atoms with Gasteiger partial charge < -0.3 is 19.5 Å². The molecule has 4 aromatic rings.